The molecule has 0 spiro atoms. The van der Waals surface area contributed by atoms with Gasteiger partial charge in [0.15, 0.2) is 0 Å². The molecule has 1 aromatic carbocycles. The largest absolute Gasteiger partial charge is 0.423 e. The molecule has 0 aliphatic carbocycles. The van der Waals surface area contributed by atoms with E-state index in [1.165, 1.54) is 94.5 Å². The third-order valence-corrected chi connectivity index (χ3v) is 4.49. The number of hydrogen-bond donors (Lipinski definition) is 0. The minimum atomic E-state index is -0.487. The molecule has 0 radical (unpaired) electrons. The minimum absolute atomic E-state index is 0.0261. The van der Waals surface area contributed by atoms with E-state index in [0.717, 1.165) is 12.8 Å². The summed E-state index contributed by atoms with van der Waals surface area (Å²) in [6, 6.07) is 5.48. The average Bonchev–Trinajstić information content (AvgIpc) is 2.66. The Morgan fingerprint density at radius 2 is 1.44 bits per heavy atom. The zero-order valence-electron chi connectivity index (χ0n) is 16.5. The first-order valence-electron chi connectivity index (χ1n) is 10.3. The van der Waals surface area contributed by atoms with E-state index in [4.69, 9.17) is 4.74 Å². The summed E-state index contributed by atoms with van der Waals surface area (Å²) in [6.45, 7) is 2.25. The number of allylic oxidation sites excluding steroid dienone is 1. The van der Waals surface area contributed by atoms with E-state index >= 15 is 0 Å². The quantitative estimate of drug-likeness (QED) is 0.0848. The second kappa shape index (κ2) is 14.9. The van der Waals surface area contributed by atoms with Crippen LogP contribution in [0.3, 0.4) is 0 Å². The summed E-state index contributed by atoms with van der Waals surface area (Å²) in [5.41, 5.74) is -0.0261. The van der Waals surface area contributed by atoms with Gasteiger partial charge in [-0.15, -0.1) is 0 Å². The van der Waals surface area contributed by atoms with Gasteiger partial charge in [-0.3, -0.25) is 10.1 Å². The molecule has 1 aromatic rings. The van der Waals surface area contributed by atoms with Crippen LogP contribution in [0.2, 0.25) is 0 Å². The van der Waals surface area contributed by atoms with Crippen molar-refractivity contribution in [2.24, 2.45) is 0 Å². The third-order valence-electron chi connectivity index (χ3n) is 4.49. The Morgan fingerprint density at radius 1 is 0.926 bits per heavy atom. The molecule has 5 nitrogen and oxygen atoms in total. The number of nitrogens with zero attached hydrogens (tertiary/aromatic N) is 1. The molecule has 0 aromatic heterocycles. The number of nitro benzene ring substituents is 1. The van der Waals surface area contributed by atoms with Crippen molar-refractivity contribution in [1.29, 1.82) is 0 Å². The van der Waals surface area contributed by atoms with Gasteiger partial charge in [0.25, 0.3) is 5.69 Å². The van der Waals surface area contributed by atoms with Gasteiger partial charge >= 0.3 is 5.97 Å². The number of rotatable bonds is 15. The van der Waals surface area contributed by atoms with Crippen molar-refractivity contribution in [1.82, 2.24) is 0 Å². The van der Waals surface area contributed by atoms with Crippen LogP contribution >= 0.6 is 0 Å². The number of non-ortho nitro benzene ring substituents is 1. The molecule has 27 heavy (non-hydrogen) atoms. The Kier molecular flexibility index (Phi) is 12.7. The standard InChI is InChI=1S/C22H33NO4/c1-2-3-4-5-6-7-8-9-10-11-12-13-14-15-22(24)27-21-18-16-20(17-19-21)23(25)26/h14-19H,2-13H2,1H3. The Labute approximate surface area is 163 Å². The lowest BCUT2D eigenvalue weighted by Gasteiger charge is -2.02. The summed E-state index contributed by atoms with van der Waals surface area (Å²) in [7, 11) is 0. The van der Waals surface area contributed by atoms with Crippen molar-refractivity contribution in [2.75, 3.05) is 0 Å². The van der Waals surface area contributed by atoms with Gasteiger partial charge in [-0.05, 0) is 25.0 Å². The van der Waals surface area contributed by atoms with Crippen molar-refractivity contribution in [3.8, 4) is 5.75 Å². The molecule has 1 rings (SSSR count). The van der Waals surface area contributed by atoms with Crippen LogP contribution in [0.25, 0.3) is 0 Å². The van der Waals surface area contributed by atoms with Crippen LogP contribution in [-0.2, 0) is 4.79 Å². The van der Waals surface area contributed by atoms with Crippen LogP contribution in [0.5, 0.6) is 5.75 Å². The smallest absolute Gasteiger partial charge is 0.335 e. The highest BCUT2D eigenvalue weighted by molar-refractivity contribution is 5.83. The van der Waals surface area contributed by atoms with Crippen molar-refractivity contribution in [2.45, 2.75) is 84.0 Å². The fourth-order valence-electron chi connectivity index (χ4n) is 2.89. The Morgan fingerprint density at radius 3 is 1.96 bits per heavy atom. The lowest BCUT2D eigenvalue weighted by atomic mass is 10.1. The second-order valence-corrected chi connectivity index (χ2v) is 6.90. The van der Waals surface area contributed by atoms with E-state index in [1.54, 1.807) is 0 Å². The molecule has 0 aliphatic rings. The SMILES string of the molecule is CCCCCCCCCCCCCC=CC(=O)Oc1ccc([N+](=O)[O-])cc1. The highest BCUT2D eigenvalue weighted by atomic mass is 16.6. The maximum absolute atomic E-state index is 11.7. The van der Waals surface area contributed by atoms with Crippen molar-refractivity contribution >= 4 is 11.7 Å². The van der Waals surface area contributed by atoms with Crippen molar-refractivity contribution in [3.63, 3.8) is 0 Å². The molecule has 0 unspecified atom stereocenters. The molecular weight excluding hydrogens is 342 g/mol. The normalized spacial score (nSPS) is 11.0. The molecule has 5 heteroatoms. The van der Waals surface area contributed by atoms with Gasteiger partial charge in [-0.25, -0.2) is 4.79 Å². The van der Waals surface area contributed by atoms with Gasteiger partial charge in [0.1, 0.15) is 5.75 Å². The van der Waals surface area contributed by atoms with Gasteiger partial charge < -0.3 is 4.74 Å². The van der Waals surface area contributed by atoms with E-state index < -0.39 is 10.9 Å². The van der Waals surface area contributed by atoms with Crippen molar-refractivity contribution in [3.05, 3.63) is 46.5 Å². The topological polar surface area (TPSA) is 69.4 Å². The number of unbranched alkanes of at least 4 members (excludes halogenated alkanes) is 11. The highest BCUT2D eigenvalue weighted by Crippen LogP contribution is 2.17. The van der Waals surface area contributed by atoms with Gasteiger partial charge in [0.2, 0.25) is 0 Å². The fourth-order valence-corrected chi connectivity index (χ4v) is 2.89. The fraction of sp³-hybridized carbons (Fsp3) is 0.591. The van der Waals surface area contributed by atoms with Crippen LogP contribution < -0.4 is 4.74 Å². The molecule has 0 amide bonds. The molecule has 0 bridgehead atoms. The molecule has 0 heterocycles. The number of nitro groups is 1. The molecule has 0 saturated heterocycles. The first-order chi connectivity index (χ1) is 13.1. The molecule has 0 N–H and O–H groups in total. The van der Waals surface area contributed by atoms with E-state index in [9.17, 15) is 14.9 Å². The number of carbonyl (C=O) groups is 1. The van der Waals surface area contributed by atoms with E-state index in [-0.39, 0.29) is 5.69 Å². The molecule has 0 fully saturated rings. The van der Waals surface area contributed by atoms with Crippen molar-refractivity contribution < 1.29 is 14.5 Å². The number of esters is 1. The molecule has 150 valence electrons. The maximum atomic E-state index is 11.7. The predicted molar refractivity (Wildman–Crippen MR) is 109 cm³/mol. The van der Waals surface area contributed by atoms with Crippen LogP contribution in [0.15, 0.2) is 36.4 Å². The summed E-state index contributed by atoms with van der Waals surface area (Å²) < 4.78 is 5.11. The van der Waals surface area contributed by atoms with Crippen LogP contribution in [0.4, 0.5) is 5.69 Å². The molecular formula is C22H33NO4. The highest BCUT2D eigenvalue weighted by Gasteiger charge is 2.06. The number of ether oxygens (including phenoxy) is 1. The Bertz CT molecular complexity index is 566. The van der Waals surface area contributed by atoms with Gasteiger partial charge in [0, 0.05) is 18.2 Å². The number of hydrogen-bond acceptors (Lipinski definition) is 4. The lowest BCUT2D eigenvalue weighted by molar-refractivity contribution is -0.384. The predicted octanol–water partition coefficient (Wildman–Crippen LogP) is 6.76. The van der Waals surface area contributed by atoms with E-state index in [1.807, 2.05) is 6.08 Å². The Hall–Kier alpha value is -2.17. The number of benzene rings is 1. The molecule has 0 aliphatic heterocycles. The Balaban J connectivity index is 2.00. The number of carbonyl (C=O) groups excluding carboxylic acids is 1. The van der Waals surface area contributed by atoms with Crippen LogP contribution in [0, 0.1) is 10.1 Å². The molecule has 0 atom stereocenters. The maximum Gasteiger partial charge on any atom is 0.335 e. The van der Waals surface area contributed by atoms with Gasteiger partial charge in [-0.1, -0.05) is 77.2 Å². The van der Waals surface area contributed by atoms with Gasteiger partial charge in [0.05, 0.1) is 4.92 Å². The summed E-state index contributed by atoms with van der Waals surface area (Å²) in [6.07, 6.45) is 18.5. The van der Waals surface area contributed by atoms with Gasteiger partial charge in [-0.2, -0.15) is 0 Å². The van der Waals surface area contributed by atoms with E-state index in [0.29, 0.717) is 5.75 Å². The first-order valence-corrected chi connectivity index (χ1v) is 10.3. The first kappa shape index (κ1) is 22.9. The second-order valence-electron chi connectivity index (χ2n) is 6.90. The zero-order valence-corrected chi connectivity index (χ0v) is 16.5. The van der Waals surface area contributed by atoms with Crippen LogP contribution in [0.1, 0.15) is 84.0 Å². The average molecular weight is 376 g/mol. The summed E-state index contributed by atoms with van der Waals surface area (Å²) in [4.78, 5) is 21.8. The van der Waals surface area contributed by atoms with Crippen LogP contribution in [-0.4, -0.2) is 10.9 Å². The summed E-state index contributed by atoms with van der Waals surface area (Å²) in [5.74, 6) is -0.142. The zero-order chi connectivity index (χ0) is 19.7. The minimum Gasteiger partial charge on any atom is -0.423 e. The summed E-state index contributed by atoms with van der Waals surface area (Å²) in [5, 5.41) is 10.6. The summed E-state index contributed by atoms with van der Waals surface area (Å²) >= 11 is 0. The lowest BCUT2D eigenvalue weighted by Crippen LogP contribution is -2.03. The molecule has 0 saturated carbocycles. The third kappa shape index (κ3) is 11.9. The van der Waals surface area contributed by atoms with E-state index in [2.05, 4.69) is 6.92 Å². The monoisotopic (exact) mass is 375 g/mol.